The van der Waals surface area contributed by atoms with Crippen LogP contribution in [0.15, 0.2) is 187 Å². The van der Waals surface area contributed by atoms with Crippen LogP contribution < -0.4 is 9.47 Å². The normalized spacial score (nSPS) is 23.1. The number of rotatable bonds is 11. The number of ether oxygens (including phenoxy) is 2. The fraction of sp³-hybridized carbons (Fsp3) is 0.283. The summed E-state index contributed by atoms with van der Waals surface area (Å²) in [6.07, 6.45) is 10.3. The zero-order valence-corrected chi connectivity index (χ0v) is 34.9. The van der Waals surface area contributed by atoms with Gasteiger partial charge < -0.3 is 9.47 Å². The lowest BCUT2D eigenvalue weighted by Gasteiger charge is -2.30. The molecule has 59 heavy (non-hydrogen) atoms. The summed E-state index contributed by atoms with van der Waals surface area (Å²) in [6.45, 7) is 0. The van der Waals surface area contributed by atoms with E-state index in [1.807, 2.05) is 24.3 Å². The number of esters is 2. The highest BCUT2D eigenvalue weighted by Crippen LogP contribution is 2.61. The smallest absolute Gasteiger partial charge is 0.314 e. The molecule has 4 aliphatic carbocycles. The second-order valence-corrected chi connectivity index (χ2v) is 20.9. The van der Waals surface area contributed by atoms with E-state index in [0.717, 1.165) is 61.0 Å². The van der Waals surface area contributed by atoms with E-state index in [2.05, 4.69) is 133 Å². The second-order valence-electron chi connectivity index (χ2n) is 16.8. The molecule has 0 amide bonds. The van der Waals surface area contributed by atoms with Crippen LogP contribution in [0.5, 0.6) is 11.5 Å². The maximum absolute atomic E-state index is 13.4. The van der Waals surface area contributed by atoms with E-state index in [9.17, 15) is 9.59 Å². The number of hydrogen-bond acceptors (Lipinski definition) is 4. The topological polar surface area (TPSA) is 52.6 Å². The largest absolute Gasteiger partial charge is 0.426 e. The lowest BCUT2D eigenvalue weighted by molar-refractivity contribution is -0.142. The molecule has 2 bridgehead atoms. The van der Waals surface area contributed by atoms with Gasteiger partial charge in [-0.05, 0) is 195 Å². The van der Waals surface area contributed by atoms with Crippen LogP contribution in [-0.2, 0) is 31.4 Å². The number of carbonyl (C=O) groups is 2. The third-order valence-electron chi connectivity index (χ3n) is 13.4. The van der Waals surface area contributed by atoms with Crippen molar-refractivity contribution in [2.24, 2.45) is 35.5 Å². The molecule has 0 aromatic heterocycles. The minimum atomic E-state index is -0.332. The Labute approximate surface area is 354 Å². The molecule has 4 nitrogen and oxygen atoms in total. The zero-order valence-electron chi connectivity index (χ0n) is 33.3. The van der Waals surface area contributed by atoms with Gasteiger partial charge >= 0.3 is 11.9 Å². The molecule has 4 aliphatic rings. The van der Waals surface area contributed by atoms with Crippen molar-refractivity contribution >= 4 is 33.7 Å². The van der Waals surface area contributed by atoms with Crippen LogP contribution >= 0.6 is 0 Å². The van der Waals surface area contributed by atoms with Crippen LogP contribution in [0.4, 0.5) is 0 Å². The Balaban J connectivity index is 0.855. The first-order valence-electron chi connectivity index (χ1n) is 21.5. The van der Waals surface area contributed by atoms with Crippen molar-refractivity contribution in [3.8, 4) is 22.6 Å². The molecule has 0 aliphatic heterocycles. The summed E-state index contributed by atoms with van der Waals surface area (Å²) in [6, 6.07) is 55.6. The van der Waals surface area contributed by atoms with Gasteiger partial charge in [-0.1, -0.05) is 55.7 Å². The van der Waals surface area contributed by atoms with Crippen molar-refractivity contribution in [3.63, 3.8) is 0 Å². The summed E-state index contributed by atoms with van der Waals surface area (Å²) >= 11 is 0. The fourth-order valence-electron chi connectivity index (χ4n) is 10.7. The quantitative estimate of drug-likeness (QED) is 0.0743. The average molecular weight is 815 g/mol. The van der Waals surface area contributed by atoms with Crippen LogP contribution in [0.2, 0.25) is 0 Å². The van der Waals surface area contributed by atoms with Crippen molar-refractivity contribution in [1.82, 2.24) is 0 Å². The third kappa shape index (κ3) is 7.90. The summed E-state index contributed by atoms with van der Waals surface area (Å²) in [5.74, 6) is 4.10. The predicted octanol–water partition coefficient (Wildman–Crippen LogP) is 12.6. The molecule has 10 rings (SSSR count). The lowest BCUT2D eigenvalue weighted by atomic mass is 9.76. The van der Waals surface area contributed by atoms with Crippen LogP contribution in [0.3, 0.4) is 0 Å². The van der Waals surface area contributed by atoms with Gasteiger partial charge in [-0.3, -0.25) is 9.59 Å². The molecular formula is C53H50O4S2+2. The number of fused-ring (bicyclic) bond motifs is 5. The van der Waals surface area contributed by atoms with Gasteiger partial charge in [-0.25, -0.2) is 0 Å². The maximum Gasteiger partial charge on any atom is 0.314 e. The Morgan fingerprint density at radius 3 is 1.32 bits per heavy atom. The van der Waals surface area contributed by atoms with Gasteiger partial charge in [0.05, 0.1) is 33.6 Å². The maximum atomic E-state index is 13.4. The van der Waals surface area contributed by atoms with Gasteiger partial charge in [0, 0.05) is 0 Å². The molecule has 4 saturated carbocycles. The number of benzene rings is 6. The summed E-state index contributed by atoms with van der Waals surface area (Å²) in [5.41, 5.74) is 2.33. The van der Waals surface area contributed by atoms with Gasteiger partial charge in [0.15, 0.2) is 29.4 Å². The molecule has 6 heteroatoms. The van der Waals surface area contributed by atoms with E-state index in [1.54, 1.807) is 0 Å². The Kier molecular flexibility index (Phi) is 10.9. The lowest BCUT2D eigenvalue weighted by Crippen LogP contribution is -2.32. The van der Waals surface area contributed by atoms with E-state index in [0.29, 0.717) is 17.4 Å². The van der Waals surface area contributed by atoms with Crippen LogP contribution in [0, 0.1) is 35.5 Å². The first-order chi connectivity index (χ1) is 29.1. The Bertz CT molecular complexity index is 2370. The average Bonchev–Trinajstić information content (AvgIpc) is 4.12. The number of carbonyl (C=O) groups excluding carboxylic acids is 2. The Morgan fingerprint density at radius 1 is 0.407 bits per heavy atom. The molecule has 296 valence electrons. The minimum absolute atomic E-state index is 0.0233. The molecular weight excluding hydrogens is 765 g/mol. The second kappa shape index (κ2) is 16.9. The van der Waals surface area contributed by atoms with Crippen molar-refractivity contribution in [2.45, 2.75) is 87.2 Å². The van der Waals surface area contributed by atoms with E-state index in [-0.39, 0.29) is 45.6 Å². The summed E-state index contributed by atoms with van der Waals surface area (Å²) < 4.78 is 11.8. The minimum Gasteiger partial charge on any atom is -0.426 e. The molecule has 4 fully saturated rings. The van der Waals surface area contributed by atoms with Crippen molar-refractivity contribution in [3.05, 3.63) is 158 Å². The first kappa shape index (κ1) is 38.2. The zero-order chi connectivity index (χ0) is 39.7. The van der Waals surface area contributed by atoms with Crippen LogP contribution in [0.1, 0.15) is 57.8 Å². The predicted molar refractivity (Wildman–Crippen MR) is 236 cm³/mol. The molecule has 0 spiro atoms. The van der Waals surface area contributed by atoms with Crippen molar-refractivity contribution < 1.29 is 19.1 Å². The molecule has 0 radical (unpaired) electrons. The molecule has 6 aromatic carbocycles. The summed E-state index contributed by atoms with van der Waals surface area (Å²) in [7, 11) is -0.661. The highest BCUT2D eigenvalue weighted by Gasteiger charge is 2.56. The van der Waals surface area contributed by atoms with E-state index in [4.69, 9.17) is 9.47 Å². The Hall–Kier alpha value is -5.04. The summed E-state index contributed by atoms with van der Waals surface area (Å²) in [5, 5.41) is 0. The van der Waals surface area contributed by atoms with Crippen LogP contribution in [0.25, 0.3) is 11.1 Å². The highest BCUT2D eigenvalue weighted by molar-refractivity contribution is 7.97. The van der Waals surface area contributed by atoms with Gasteiger partial charge in [0.25, 0.3) is 0 Å². The van der Waals surface area contributed by atoms with Gasteiger partial charge in [0.2, 0.25) is 0 Å². The Morgan fingerprint density at radius 2 is 0.831 bits per heavy atom. The van der Waals surface area contributed by atoms with E-state index < -0.39 is 0 Å². The standard InChI is InChI=1S/C53H50O4S2/c54-52(38-10-7-8-11-38)56-40-22-30-46(31-23-40)58(42-12-3-1-4-13-42)44-26-18-36(19-27-44)37-20-28-45(29-21-37)59(43-14-5-2-6-15-43)47-32-24-41(25-33-47)57-53(55)51-35-39-34-50(51)49-17-9-16-48(39)49/h1-6,12-15,18-33,38-39,48-51H,7-11,16-17,34-35H2/q+2. The summed E-state index contributed by atoms with van der Waals surface area (Å²) in [4.78, 5) is 33.4. The SMILES string of the molecule is O=C(Oc1ccc([S+](c2ccccc2)c2ccc(-c3ccc([S+](c4ccccc4)c4ccc(OC(=O)C5CC6CC5C5CCCC65)cc4)cc3)cc2)cc1)C1CCCC1. The van der Waals surface area contributed by atoms with Gasteiger partial charge in [-0.15, -0.1) is 0 Å². The third-order valence-corrected chi connectivity index (χ3v) is 17.9. The molecule has 7 unspecified atom stereocenters. The molecule has 0 N–H and O–H groups in total. The van der Waals surface area contributed by atoms with Crippen molar-refractivity contribution in [1.29, 1.82) is 0 Å². The number of hydrogen-bond donors (Lipinski definition) is 0. The molecule has 0 saturated heterocycles. The first-order valence-corrected chi connectivity index (χ1v) is 23.9. The van der Waals surface area contributed by atoms with Crippen LogP contribution in [-0.4, -0.2) is 11.9 Å². The fourth-order valence-corrected chi connectivity index (χ4v) is 14.8. The van der Waals surface area contributed by atoms with E-state index in [1.165, 1.54) is 55.1 Å². The highest BCUT2D eigenvalue weighted by atomic mass is 32.2. The monoisotopic (exact) mass is 814 g/mol. The van der Waals surface area contributed by atoms with Gasteiger partial charge in [-0.2, -0.15) is 0 Å². The van der Waals surface area contributed by atoms with Gasteiger partial charge in [0.1, 0.15) is 11.5 Å². The molecule has 6 aromatic rings. The van der Waals surface area contributed by atoms with Crippen molar-refractivity contribution in [2.75, 3.05) is 0 Å². The molecule has 0 heterocycles. The molecule has 7 atom stereocenters. The van der Waals surface area contributed by atoms with E-state index >= 15 is 0 Å².